The van der Waals surface area contributed by atoms with Gasteiger partial charge in [0.15, 0.2) is 0 Å². The molecule has 0 aliphatic carbocycles. The maximum atomic E-state index is 12.2. The van der Waals surface area contributed by atoms with Crippen LogP contribution in [-0.2, 0) is 6.54 Å². The standard InChI is InChI=1S/C22H24N2O2S/c25-22(21-10-5-13-27-21)23-14-17-6-3-11-24(15-17)16-18-7-1-2-8-19(18)20-9-4-12-26-20/h1-2,4-5,7-10,12-13,17H,3,6,11,14-16H2,(H,23,25)/t17-/m0/s1. The zero-order valence-corrected chi connectivity index (χ0v) is 16.1. The van der Waals surface area contributed by atoms with E-state index >= 15 is 0 Å². The molecule has 1 aliphatic rings. The van der Waals surface area contributed by atoms with Crippen molar-refractivity contribution >= 4 is 17.2 Å². The minimum Gasteiger partial charge on any atom is -0.464 e. The van der Waals surface area contributed by atoms with Gasteiger partial charge in [0.2, 0.25) is 0 Å². The van der Waals surface area contributed by atoms with Crippen molar-refractivity contribution in [3.05, 3.63) is 70.6 Å². The van der Waals surface area contributed by atoms with E-state index in [2.05, 4.69) is 34.5 Å². The second-order valence-electron chi connectivity index (χ2n) is 7.07. The first kappa shape index (κ1) is 18.0. The van der Waals surface area contributed by atoms with Crippen LogP contribution in [0.3, 0.4) is 0 Å². The average Bonchev–Trinajstić information content (AvgIpc) is 3.41. The molecule has 0 radical (unpaired) electrons. The molecular formula is C22H24N2O2S. The summed E-state index contributed by atoms with van der Waals surface area (Å²) in [4.78, 5) is 15.5. The van der Waals surface area contributed by atoms with Gasteiger partial charge in [0.1, 0.15) is 5.76 Å². The van der Waals surface area contributed by atoms with Crippen molar-refractivity contribution in [2.75, 3.05) is 19.6 Å². The Bertz CT molecular complexity index is 858. The first-order valence-corrected chi connectivity index (χ1v) is 10.3. The fraction of sp³-hybridized carbons (Fsp3) is 0.318. The van der Waals surface area contributed by atoms with Crippen LogP contribution in [0.2, 0.25) is 0 Å². The van der Waals surface area contributed by atoms with Gasteiger partial charge in [-0.25, -0.2) is 0 Å². The van der Waals surface area contributed by atoms with Crippen molar-refractivity contribution in [1.29, 1.82) is 0 Å². The van der Waals surface area contributed by atoms with Crippen LogP contribution in [0.4, 0.5) is 0 Å². The molecule has 1 aliphatic heterocycles. The van der Waals surface area contributed by atoms with Crippen LogP contribution in [0.25, 0.3) is 11.3 Å². The first-order valence-electron chi connectivity index (χ1n) is 9.45. The first-order chi connectivity index (χ1) is 13.3. The molecule has 0 spiro atoms. The molecule has 1 N–H and O–H groups in total. The van der Waals surface area contributed by atoms with Crippen LogP contribution < -0.4 is 5.32 Å². The number of furan rings is 1. The number of hydrogen-bond acceptors (Lipinski definition) is 4. The topological polar surface area (TPSA) is 45.5 Å². The zero-order valence-electron chi connectivity index (χ0n) is 15.3. The van der Waals surface area contributed by atoms with E-state index in [4.69, 9.17) is 4.42 Å². The van der Waals surface area contributed by atoms with Crippen LogP contribution >= 0.6 is 11.3 Å². The average molecular weight is 381 g/mol. The smallest absolute Gasteiger partial charge is 0.261 e. The number of rotatable bonds is 6. The molecule has 1 fully saturated rings. The number of piperidine rings is 1. The van der Waals surface area contributed by atoms with E-state index in [1.165, 1.54) is 29.7 Å². The van der Waals surface area contributed by atoms with Gasteiger partial charge < -0.3 is 9.73 Å². The van der Waals surface area contributed by atoms with Gasteiger partial charge in [-0.1, -0.05) is 30.3 Å². The Morgan fingerprint density at radius 1 is 1.19 bits per heavy atom. The Balaban J connectivity index is 1.36. The zero-order chi connectivity index (χ0) is 18.5. The quantitative estimate of drug-likeness (QED) is 0.677. The molecule has 4 rings (SSSR count). The Hall–Kier alpha value is -2.37. The maximum absolute atomic E-state index is 12.2. The third kappa shape index (κ3) is 4.49. The van der Waals surface area contributed by atoms with Gasteiger partial charge >= 0.3 is 0 Å². The monoisotopic (exact) mass is 380 g/mol. The molecule has 1 amide bonds. The van der Waals surface area contributed by atoms with Gasteiger partial charge in [-0.3, -0.25) is 9.69 Å². The highest BCUT2D eigenvalue weighted by Crippen LogP contribution is 2.26. The lowest BCUT2D eigenvalue weighted by Gasteiger charge is -2.33. The van der Waals surface area contributed by atoms with E-state index in [1.807, 2.05) is 29.6 Å². The van der Waals surface area contributed by atoms with E-state index < -0.39 is 0 Å². The predicted molar refractivity (Wildman–Crippen MR) is 109 cm³/mol. The third-order valence-corrected chi connectivity index (χ3v) is 5.97. The molecule has 0 saturated carbocycles. The fourth-order valence-electron chi connectivity index (χ4n) is 3.76. The van der Waals surface area contributed by atoms with Crippen LogP contribution in [0.1, 0.15) is 28.1 Å². The lowest BCUT2D eigenvalue weighted by atomic mass is 9.96. The van der Waals surface area contributed by atoms with Crippen molar-refractivity contribution < 1.29 is 9.21 Å². The van der Waals surface area contributed by atoms with E-state index in [0.717, 1.165) is 42.4 Å². The summed E-state index contributed by atoms with van der Waals surface area (Å²) in [7, 11) is 0. The molecule has 0 unspecified atom stereocenters. The predicted octanol–water partition coefficient (Wildman–Crippen LogP) is 4.65. The Labute approximate surface area is 163 Å². The summed E-state index contributed by atoms with van der Waals surface area (Å²) < 4.78 is 5.61. The Morgan fingerprint density at radius 2 is 2.11 bits per heavy atom. The van der Waals surface area contributed by atoms with Crippen molar-refractivity contribution in [2.24, 2.45) is 5.92 Å². The van der Waals surface area contributed by atoms with Crippen molar-refractivity contribution in [3.8, 4) is 11.3 Å². The van der Waals surface area contributed by atoms with Gasteiger partial charge in [-0.2, -0.15) is 0 Å². The molecule has 1 aromatic carbocycles. The van der Waals surface area contributed by atoms with Gasteiger partial charge in [-0.05, 0) is 54.4 Å². The number of amides is 1. The number of thiophene rings is 1. The lowest BCUT2D eigenvalue weighted by Crippen LogP contribution is -2.40. The number of likely N-dealkylation sites (tertiary alicyclic amines) is 1. The molecule has 1 atom stereocenters. The molecular weight excluding hydrogens is 356 g/mol. The molecule has 3 aromatic rings. The molecule has 1 saturated heterocycles. The summed E-state index contributed by atoms with van der Waals surface area (Å²) in [5.41, 5.74) is 2.45. The summed E-state index contributed by atoms with van der Waals surface area (Å²) in [6.07, 6.45) is 4.06. The van der Waals surface area contributed by atoms with Gasteiger partial charge in [0, 0.05) is 25.2 Å². The van der Waals surface area contributed by atoms with Gasteiger partial charge in [0.05, 0.1) is 11.1 Å². The van der Waals surface area contributed by atoms with Crippen molar-refractivity contribution in [3.63, 3.8) is 0 Å². The van der Waals surface area contributed by atoms with E-state index in [-0.39, 0.29) is 5.91 Å². The number of nitrogens with zero attached hydrogens (tertiary/aromatic N) is 1. The molecule has 3 heterocycles. The Morgan fingerprint density at radius 3 is 2.93 bits per heavy atom. The summed E-state index contributed by atoms with van der Waals surface area (Å²) >= 11 is 1.49. The molecule has 2 aromatic heterocycles. The second kappa shape index (κ2) is 8.55. The van der Waals surface area contributed by atoms with Gasteiger partial charge in [-0.15, -0.1) is 11.3 Å². The largest absolute Gasteiger partial charge is 0.464 e. The SMILES string of the molecule is O=C(NC[C@@H]1CCCN(Cc2ccccc2-c2ccco2)C1)c1cccs1. The fourth-order valence-corrected chi connectivity index (χ4v) is 4.40. The lowest BCUT2D eigenvalue weighted by molar-refractivity contribution is 0.0934. The van der Waals surface area contributed by atoms with E-state index in [1.54, 1.807) is 6.26 Å². The molecule has 140 valence electrons. The molecule has 5 heteroatoms. The van der Waals surface area contributed by atoms with Crippen LogP contribution in [0, 0.1) is 5.92 Å². The van der Waals surface area contributed by atoms with Crippen molar-refractivity contribution in [1.82, 2.24) is 10.2 Å². The summed E-state index contributed by atoms with van der Waals surface area (Å²) in [6.45, 7) is 3.76. The minimum atomic E-state index is 0.0466. The number of carbonyl (C=O) groups is 1. The molecule has 4 nitrogen and oxygen atoms in total. The van der Waals surface area contributed by atoms with Crippen LogP contribution in [0.15, 0.2) is 64.6 Å². The summed E-state index contributed by atoms with van der Waals surface area (Å²) in [5, 5.41) is 5.04. The van der Waals surface area contributed by atoms with Crippen LogP contribution in [0.5, 0.6) is 0 Å². The number of hydrogen-bond donors (Lipinski definition) is 1. The molecule has 27 heavy (non-hydrogen) atoms. The third-order valence-electron chi connectivity index (χ3n) is 5.10. The Kier molecular flexibility index (Phi) is 5.70. The second-order valence-corrected chi connectivity index (χ2v) is 8.01. The highest BCUT2D eigenvalue weighted by Gasteiger charge is 2.22. The number of benzene rings is 1. The summed E-state index contributed by atoms with van der Waals surface area (Å²) in [5.74, 6) is 1.46. The van der Waals surface area contributed by atoms with Crippen LogP contribution in [-0.4, -0.2) is 30.4 Å². The van der Waals surface area contributed by atoms with E-state index in [9.17, 15) is 4.79 Å². The highest BCUT2D eigenvalue weighted by molar-refractivity contribution is 7.12. The van der Waals surface area contributed by atoms with E-state index in [0.29, 0.717) is 5.92 Å². The number of nitrogens with one attached hydrogen (secondary N) is 1. The van der Waals surface area contributed by atoms with Gasteiger partial charge in [0.25, 0.3) is 5.91 Å². The summed E-state index contributed by atoms with van der Waals surface area (Å²) in [6, 6.07) is 16.2. The van der Waals surface area contributed by atoms with Crippen molar-refractivity contribution in [2.45, 2.75) is 19.4 Å². The minimum absolute atomic E-state index is 0.0466. The highest BCUT2D eigenvalue weighted by atomic mass is 32.1. The normalized spacial score (nSPS) is 17.7. The molecule has 0 bridgehead atoms. The number of carbonyl (C=O) groups excluding carboxylic acids is 1. The maximum Gasteiger partial charge on any atom is 0.261 e.